The van der Waals surface area contributed by atoms with Gasteiger partial charge in [-0.05, 0) is 79.3 Å². The maximum absolute atomic E-state index is 12.3. The van der Waals surface area contributed by atoms with Crippen molar-refractivity contribution in [2.24, 2.45) is 5.92 Å². The van der Waals surface area contributed by atoms with Crippen molar-refractivity contribution >= 4 is 5.97 Å². The maximum atomic E-state index is 12.3. The van der Waals surface area contributed by atoms with E-state index in [1.807, 2.05) is 36.4 Å². The Bertz CT molecular complexity index is 692. The van der Waals surface area contributed by atoms with Crippen molar-refractivity contribution in [2.45, 2.75) is 64.7 Å². The van der Waals surface area contributed by atoms with Crippen LogP contribution in [-0.4, -0.2) is 5.97 Å². The molecule has 1 saturated carbocycles. The summed E-state index contributed by atoms with van der Waals surface area (Å²) in [6.45, 7) is 4.45. The van der Waals surface area contributed by atoms with Crippen molar-refractivity contribution in [1.29, 1.82) is 0 Å². The molecule has 0 spiro atoms. The van der Waals surface area contributed by atoms with Crippen molar-refractivity contribution in [3.63, 3.8) is 0 Å². The minimum Gasteiger partial charge on any atom is -0.423 e. The van der Waals surface area contributed by atoms with Crippen molar-refractivity contribution < 1.29 is 9.53 Å². The predicted molar refractivity (Wildman–Crippen MR) is 107 cm³/mol. The molecule has 0 heterocycles. The minimum atomic E-state index is -0.288. The lowest BCUT2D eigenvalue weighted by Gasteiger charge is -2.28. The van der Waals surface area contributed by atoms with Crippen molar-refractivity contribution in [1.82, 2.24) is 0 Å². The van der Waals surface area contributed by atoms with Gasteiger partial charge >= 0.3 is 5.97 Å². The number of hydrogen-bond acceptors (Lipinski definition) is 2. The quantitative estimate of drug-likeness (QED) is 0.436. The fraction of sp³-hybridized carbons (Fsp3) is 0.458. The Morgan fingerprint density at radius 3 is 2.15 bits per heavy atom. The molecule has 138 valence electrons. The molecule has 3 rings (SSSR count). The Morgan fingerprint density at radius 1 is 0.923 bits per heavy atom. The molecule has 1 aliphatic carbocycles. The van der Waals surface area contributed by atoms with Crippen molar-refractivity contribution in [3.8, 4) is 5.75 Å². The molecule has 0 saturated heterocycles. The van der Waals surface area contributed by atoms with E-state index in [-0.39, 0.29) is 5.97 Å². The molecule has 0 unspecified atom stereocenters. The summed E-state index contributed by atoms with van der Waals surface area (Å²) < 4.78 is 5.54. The van der Waals surface area contributed by atoms with Gasteiger partial charge in [-0.2, -0.15) is 0 Å². The average Bonchev–Trinajstić information content (AvgIpc) is 2.69. The zero-order valence-corrected chi connectivity index (χ0v) is 16.0. The van der Waals surface area contributed by atoms with E-state index in [9.17, 15) is 4.79 Å². The summed E-state index contributed by atoms with van der Waals surface area (Å²) in [6, 6.07) is 15.9. The summed E-state index contributed by atoms with van der Waals surface area (Å²) in [4.78, 5) is 12.3. The number of rotatable bonds is 6. The summed E-state index contributed by atoms with van der Waals surface area (Å²) in [5.74, 6) is 1.91. The first-order valence-electron chi connectivity index (χ1n) is 10.1. The number of esters is 1. The standard InChI is InChI=1S/C24H30O2/c1-3-5-19-8-12-22(13-9-19)24(25)26-23-16-14-21(15-17-23)20-10-6-18(4-2)7-11-20/h8-9,12-18,20H,3-7,10-11H2,1-2H3. The first-order chi connectivity index (χ1) is 12.7. The molecule has 0 aliphatic heterocycles. The van der Waals surface area contributed by atoms with Gasteiger partial charge in [0.05, 0.1) is 5.56 Å². The molecule has 2 nitrogen and oxygen atoms in total. The average molecular weight is 351 g/mol. The predicted octanol–water partition coefficient (Wildman–Crippen LogP) is 6.54. The lowest BCUT2D eigenvalue weighted by Crippen LogP contribution is -2.12. The van der Waals surface area contributed by atoms with Gasteiger partial charge in [0.15, 0.2) is 0 Å². The highest BCUT2D eigenvalue weighted by Gasteiger charge is 2.21. The van der Waals surface area contributed by atoms with Crippen LogP contribution in [-0.2, 0) is 6.42 Å². The molecular weight excluding hydrogens is 320 g/mol. The Labute approximate surface area is 157 Å². The van der Waals surface area contributed by atoms with Crippen LogP contribution < -0.4 is 4.74 Å². The van der Waals surface area contributed by atoms with Gasteiger partial charge in [0.2, 0.25) is 0 Å². The van der Waals surface area contributed by atoms with Gasteiger partial charge in [0.25, 0.3) is 0 Å². The van der Waals surface area contributed by atoms with Crippen LogP contribution >= 0.6 is 0 Å². The molecule has 0 aromatic heterocycles. The Morgan fingerprint density at radius 2 is 1.58 bits per heavy atom. The van der Waals surface area contributed by atoms with Crippen LogP contribution in [0.25, 0.3) is 0 Å². The molecule has 2 heteroatoms. The Hall–Kier alpha value is -2.09. The smallest absolute Gasteiger partial charge is 0.343 e. The Kier molecular flexibility index (Phi) is 6.49. The van der Waals surface area contributed by atoms with Crippen LogP contribution in [0.1, 0.15) is 79.8 Å². The van der Waals surface area contributed by atoms with E-state index in [0.29, 0.717) is 17.2 Å². The fourth-order valence-electron chi connectivity index (χ4n) is 3.97. The Balaban J connectivity index is 1.57. The highest BCUT2D eigenvalue weighted by atomic mass is 16.5. The normalized spacial score (nSPS) is 19.9. The summed E-state index contributed by atoms with van der Waals surface area (Å²) in [6.07, 6.45) is 8.69. The van der Waals surface area contributed by atoms with Gasteiger partial charge in [-0.1, -0.05) is 51.0 Å². The molecule has 2 aromatic rings. The fourth-order valence-corrected chi connectivity index (χ4v) is 3.97. The lowest BCUT2D eigenvalue weighted by atomic mass is 9.78. The second-order valence-corrected chi connectivity index (χ2v) is 7.53. The van der Waals surface area contributed by atoms with E-state index < -0.39 is 0 Å². The second kappa shape index (κ2) is 9.02. The molecule has 0 radical (unpaired) electrons. The summed E-state index contributed by atoms with van der Waals surface area (Å²) in [5.41, 5.74) is 3.24. The first-order valence-corrected chi connectivity index (χ1v) is 10.1. The number of benzene rings is 2. The van der Waals surface area contributed by atoms with Gasteiger partial charge in [0, 0.05) is 0 Å². The van der Waals surface area contributed by atoms with E-state index in [0.717, 1.165) is 18.8 Å². The van der Waals surface area contributed by atoms with E-state index in [1.165, 1.54) is 43.2 Å². The number of hydrogen-bond donors (Lipinski definition) is 0. The summed E-state index contributed by atoms with van der Waals surface area (Å²) in [7, 11) is 0. The SMILES string of the molecule is CCCc1ccc(C(=O)Oc2ccc(C3CCC(CC)CC3)cc2)cc1. The van der Waals surface area contributed by atoms with Crippen molar-refractivity contribution in [2.75, 3.05) is 0 Å². The van der Waals surface area contributed by atoms with Crippen LogP contribution in [0, 0.1) is 5.92 Å². The number of ether oxygens (including phenoxy) is 1. The van der Waals surface area contributed by atoms with Crippen molar-refractivity contribution in [3.05, 3.63) is 65.2 Å². The van der Waals surface area contributed by atoms with Crippen LogP contribution in [0.5, 0.6) is 5.75 Å². The first kappa shape index (κ1) is 18.7. The molecular formula is C24H30O2. The topological polar surface area (TPSA) is 26.3 Å². The molecule has 1 aliphatic rings. The number of aryl methyl sites for hydroxylation is 1. The number of carbonyl (C=O) groups is 1. The molecule has 1 fully saturated rings. The third-order valence-corrected chi connectivity index (χ3v) is 5.71. The van der Waals surface area contributed by atoms with Gasteiger partial charge in [-0.15, -0.1) is 0 Å². The lowest BCUT2D eigenvalue weighted by molar-refractivity contribution is 0.0734. The zero-order chi connectivity index (χ0) is 18.4. The molecule has 0 N–H and O–H groups in total. The van der Waals surface area contributed by atoms with E-state index in [1.54, 1.807) is 0 Å². The maximum Gasteiger partial charge on any atom is 0.343 e. The second-order valence-electron chi connectivity index (χ2n) is 7.53. The molecule has 0 atom stereocenters. The van der Waals surface area contributed by atoms with Crippen LogP contribution in [0.15, 0.2) is 48.5 Å². The molecule has 0 bridgehead atoms. The third-order valence-electron chi connectivity index (χ3n) is 5.71. The minimum absolute atomic E-state index is 0.288. The summed E-state index contributed by atoms with van der Waals surface area (Å²) >= 11 is 0. The van der Waals surface area contributed by atoms with E-state index >= 15 is 0 Å². The zero-order valence-electron chi connectivity index (χ0n) is 16.0. The molecule has 0 amide bonds. The highest BCUT2D eigenvalue weighted by Crippen LogP contribution is 2.37. The van der Waals surface area contributed by atoms with Gasteiger partial charge in [0.1, 0.15) is 5.75 Å². The van der Waals surface area contributed by atoms with Gasteiger partial charge in [-0.25, -0.2) is 4.79 Å². The monoisotopic (exact) mass is 350 g/mol. The molecule has 2 aromatic carbocycles. The van der Waals surface area contributed by atoms with E-state index in [2.05, 4.69) is 26.0 Å². The van der Waals surface area contributed by atoms with E-state index in [4.69, 9.17) is 4.74 Å². The largest absolute Gasteiger partial charge is 0.423 e. The van der Waals surface area contributed by atoms with Crippen LogP contribution in [0.3, 0.4) is 0 Å². The van der Waals surface area contributed by atoms with Crippen LogP contribution in [0.2, 0.25) is 0 Å². The van der Waals surface area contributed by atoms with Gasteiger partial charge < -0.3 is 4.74 Å². The molecule has 26 heavy (non-hydrogen) atoms. The van der Waals surface area contributed by atoms with Gasteiger partial charge in [-0.3, -0.25) is 0 Å². The third kappa shape index (κ3) is 4.75. The summed E-state index contributed by atoms with van der Waals surface area (Å²) in [5, 5.41) is 0. The van der Waals surface area contributed by atoms with Crippen LogP contribution in [0.4, 0.5) is 0 Å². The number of carbonyl (C=O) groups excluding carboxylic acids is 1. The highest BCUT2D eigenvalue weighted by molar-refractivity contribution is 5.91.